The third-order valence-corrected chi connectivity index (χ3v) is 5.84. The van der Waals surface area contributed by atoms with E-state index in [1.807, 2.05) is 69.3 Å². The predicted molar refractivity (Wildman–Crippen MR) is 124 cm³/mol. The van der Waals surface area contributed by atoms with Crippen molar-refractivity contribution in [2.24, 2.45) is 0 Å². The molecule has 2 aromatic rings. The summed E-state index contributed by atoms with van der Waals surface area (Å²) in [6, 6.07) is 15.3. The highest BCUT2D eigenvalue weighted by atomic mass is 32.2. The van der Waals surface area contributed by atoms with Crippen LogP contribution in [0.5, 0.6) is 5.75 Å². The van der Waals surface area contributed by atoms with Gasteiger partial charge in [0.15, 0.2) is 0 Å². The number of hydrogen-bond donors (Lipinski definition) is 1. The Hall–Kier alpha value is -2.47. The van der Waals surface area contributed by atoms with Gasteiger partial charge in [0, 0.05) is 18.3 Å². The summed E-state index contributed by atoms with van der Waals surface area (Å²) < 4.78 is 5.18. The van der Waals surface area contributed by atoms with E-state index < -0.39 is 6.04 Å². The Morgan fingerprint density at radius 3 is 2.33 bits per heavy atom. The molecule has 0 heterocycles. The molecule has 0 fully saturated rings. The predicted octanol–water partition coefficient (Wildman–Crippen LogP) is 4.18. The molecule has 6 heteroatoms. The van der Waals surface area contributed by atoms with Gasteiger partial charge < -0.3 is 15.0 Å². The number of methoxy groups -OCH3 is 1. The number of carbonyl (C=O) groups excluding carboxylic acids is 2. The first kappa shape index (κ1) is 23.8. The summed E-state index contributed by atoms with van der Waals surface area (Å²) in [6.45, 7) is 8.07. The number of amides is 2. The zero-order chi connectivity index (χ0) is 22.1. The van der Waals surface area contributed by atoms with Gasteiger partial charge in [-0.3, -0.25) is 9.59 Å². The van der Waals surface area contributed by atoms with Gasteiger partial charge >= 0.3 is 0 Å². The van der Waals surface area contributed by atoms with E-state index in [1.54, 1.807) is 30.7 Å². The van der Waals surface area contributed by atoms with Gasteiger partial charge in [0.1, 0.15) is 11.8 Å². The molecule has 162 valence electrons. The van der Waals surface area contributed by atoms with Crippen molar-refractivity contribution in [1.82, 2.24) is 10.2 Å². The van der Waals surface area contributed by atoms with E-state index in [0.29, 0.717) is 12.3 Å². The van der Waals surface area contributed by atoms with Crippen molar-refractivity contribution >= 4 is 23.6 Å². The maximum Gasteiger partial charge on any atom is 0.242 e. The molecule has 0 unspecified atom stereocenters. The molecule has 0 bridgehead atoms. The fourth-order valence-electron chi connectivity index (χ4n) is 3.02. The van der Waals surface area contributed by atoms with Crippen molar-refractivity contribution in [3.8, 4) is 5.75 Å². The number of thioether (sulfide) groups is 1. The lowest BCUT2D eigenvalue weighted by Crippen LogP contribution is -2.49. The van der Waals surface area contributed by atoms with Gasteiger partial charge in [0.05, 0.1) is 12.9 Å². The number of ether oxygens (including phenoxy) is 1. The fourth-order valence-corrected chi connectivity index (χ4v) is 3.89. The molecule has 2 aromatic carbocycles. The Bertz CT molecular complexity index is 837. The Kier molecular flexibility index (Phi) is 9.24. The zero-order valence-electron chi connectivity index (χ0n) is 18.5. The Morgan fingerprint density at radius 1 is 1.07 bits per heavy atom. The van der Waals surface area contributed by atoms with Crippen LogP contribution in [0.3, 0.4) is 0 Å². The minimum absolute atomic E-state index is 0.0276. The van der Waals surface area contributed by atoms with Crippen molar-refractivity contribution in [2.45, 2.75) is 52.1 Å². The summed E-state index contributed by atoms with van der Waals surface area (Å²) in [5.74, 6) is 1.68. The minimum Gasteiger partial charge on any atom is -0.497 e. The van der Waals surface area contributed by atoms with Gasteiger partial charge in [-0.2, -0.15) is 0 Å². The molecule has 2 amide bonds. The first-order valence-electron chi connectivity index (χ1n) is 10.2. The SMILES string of the molecule is COc1ccc(CSCC(=O)N(Cc2ccccc2C)[C@H](C)C(=O)NC(C)C)cc1. The zero-order valence-corrected chi connectivity index (χ0v) is 19.3. The van der Waals surface area contributed by atoms with Crippen LogP contribution in [0.1, 0.15) is 37.5 Å². The molecule has 0 aromatic heterocycles. The summed E-state index contributed by atoms with van der Waals surface area (Å²) in [7, 11) is 1.64. The average Bonchev–Trinajstić information content (AvgIpc) is 2.72. The molecule has 0 saturated heterocycles. The van der Waals surface area contributed by atoms with E-state index in [2.05, 4.69) is 5.32 Å². The summed E-state index contributed by atoms with van der Waals surface area (Å²) in [4.78, 5) is 27.4. The second-order valence-corrected chi connectivity index (χ2v) is 8.61. The number of nitrogens with zero attached hydrogens (tertiary/aromatic N) is 1. The molecule has 1 N–H and O–H groups in total. The molecule has 5 nitrogen and oxygen atoms in total. The van der Waals surface area contributed by atoms with Crippen molar-refractivity contribution in [3.63, 3.8) is 0 Å². The normalized spacial score (nSPS) is 11.8. The number of carbonyl (C=O) groups is 2. The van der Waals surface area contributed by atoms with Gasteiger partial charge in [0.2, 0.25) is 11.8 Å². The molecular weight excluding hydrogens is 396 g/mol. The van der Waals surface area contributed by atoms with Gasteiger partial charge in [-0.05, 0) is 56.5 Å². The van der Waals surface area contributed by atoms with Crippen molar-refractivity contribution < 1.29 is 14.3 Å². The molecule has 0 spiro atoms. The third-order valence-electron chi connectivity index (χ3n) is 4.85. The van der Waals surface area contributed by atoms with E-state index in [4.69, 9.17) is 4.74 Å². The highest BCUT2D eigenvalue weighted by Gasteiger charge is 2.26. The summed E-state index contributed by atoms with van der Waals surface area (Å²) in [6.07, 6.45) is 0. The van der Waals surface area contributed by atoms with Gasteiger partial charge in [-0.15, -0.1) is 11.8 Å². The maximum absolute atomic E-state index is 13.1. The number of nitrogens with one attached hydrogen (secondary N) is 1. The smallest absolute Gasteiger partial charge is 0.242 e. The number of benzene rings is 2. The topological polar surface area (TPSA) is 58.6 Å². The molecule has 0 aliphatic carbocycles. The fraction of sp³-hybridized carbons (Fsp3) is 0.417. The highest BCUT2D eigenvalue weighted by Crippen LogP contribution is 2.19. The van der Waals surface area contributed by atoms with Gasteiger partial charge in [-0.1, -0.05) is 36.4 Å². The average molecular weight is 429 g/mol. The minimum atomic E-state index is -0.541. The third kappa shape index (κ3) is 7.10. The van der Waals surface area contributed by atoms with Crippen molar-refractivity contribution in [3.05, 3.63) is 65.2 Å². The van der Waals surface area contributed by atoms with Crippen LogP contribution in [0.25, 0.3) is 0 Å². The lowest BCUT2D eigenvalue weighted by molar-refractivity contribution is -0.138. The Labute approximate surface area is 184 Å². The van der Waals surface area contributed by atoms with Crippen molar-refractivity contribution in [1.29, 1.82) is 0 Å². The lowest BCUT2D eigenvalue weighted by Gasteiger charge is -2.30. The van der Waals surface area contributed by atoms with E-state index >= 15 is 0 Å². The number of hydrogen-bond acceptors (Lipinski definition) is 4. The van der Waals surface area contributed by atoms with Crippen LogP contribution in [0.15, 0.2) is 48.5 Å². The summed E-state index contributed by atoms with van der Waals surface area (Å²) >= 11 is 1.55. The molecule has 1 atom stereocenters. The van der Waals surface area contributed by atoms with Gasteiger partial charge in [-0.25, -0.2) is 0 Å². The molecule has 2 rings (SSSR count). The standard InChI is InChI=1S/C24H32N2O3S/c1-17(2)25-24(28)19(4)26(14-21-9-7-6-8-18(21)3)23(27)16-30-15-20-10-12-22(29-5)13-11-20/h6-13,17,19H,14-16H2,1-5H3,(H,25,28)/t19-/m1/s1. The van der Waals surface area contributed by atoms with Crippen LogP contribution in [0, 0.1) is 6.92 Å². The number of rotatable bonds is 10. The Morgan fingerprint density at radius 2 is 1.73 bits per heavy atom. The van der Waals surface area contributed by atoms with E-state index in [1.165, 1.54) is 0 Å². The monoisotopic (exact) mass is 428 g/mol. The van der Waals surface area contributed by atoms with Crippen molar-refractivity contribution in [2.75, 3.05) is 12.9 Å². The first-order valence-corrected chi connectivity index (χ1v) is 11.3. The molecule has 30 heavy (non-hydrogen) atoms. The van der Waals surface area contributed by atoms with E-state index in [0.717, 1.165) is 28.2 Å². The number of aryl methyl sites for hydroxylation is 1. The quantitative estimate of drug-likeness (QED) is 0.617. The van der Waals surface area contributed by atoms with Crippen LogP contribution in [-0.4, -0.2) is 41.7 Å². The van der Waals surface area contributed by atoms with Crippen LogP contribution in [0.4, 0.5) is 0 Å². The largest absolute Gasteiger partial charge is 0.497 e. The van der Waals surface area contributed by atoms with E-state index in [9.17, 15) is 9.59 Å². The molecule has 0 saturated carbocycles. The second-order valence-electron chi connectivity index (χ2n) is 7.63. The summed E-state index contributed by atoms with van der Waals surface area (Å²) in [5, 5.41) is 2.92. The summed E-state index contributed by atoms with van der Waals surface area (Å²) in [5.41, 5.74) is 3.29. The first-order chi connectivity index (χ1) is 14.3. The Balaban J connectivity index is 2.06. The van der Waals surface area contributed by atoms with Gasteiger partial charge in [0.25, 0.3) is 0 Å². The van der Waals surface area contributed by atoms with Crippen LogP contribution < -0.4 is 10.1 Å². The van der Waals surface area contributed by atoms with Crippen LogP contribution in [-0.2, 0) is 21.9 Å². The molecular formula is C24H32N2O3S. The highest BCUT2D eigenvalue weighted by molar-refractivity contribution is 7.99. The second kappa shape index (κ2) is 11.6. The molecule has 0 aliphatic heterocycles. The lowest BCUT2D eigenvalue weighted by atomic mass is 10.1. The van der Waals surface area contributed by atoms with Crippen LogP contribution >= 0.6 is 11.8 Å². The molecule has 0 aliphatic rings. The van der Waals surface area contributed by atoms with Crippen LogP contribution in [0.2, 0.25) is 0 Å². The molecule has 0 radical (unpaired) electrons. The van der Waals surface area contributed by atoms with E-state index in [-0.39, 0.29) is 17.9 Å². The maximum atomic E-state index is 13.1.